The minimum atomic E-state index is -0.549. The average molecular weight is 591 g/mol. The normalized spacial score (nSPS) is 17.9. The van der Waals surface area contributed by atoms with Crippen LogP contribution < -0.4 is 15.4 Å². The fourth-order valence-electron chi connectivity index (χ4n) is 4.92. The van der Waals surface area contributed by atoms with Crippen LogP contribution in [0, 0.1) is 0 Å². The number of benzene rings is 1. The highest BCUT2D eigenvalue weighted by Gasteiger charge is 2.28. The number of likely N-dealkylation sites (tertiary alicyclic amines) is 1. The number of nitrogens with one attached hydrogen (secondary N) is 3. The van der Waals surface area contributed by atoms with Gasteiger partial charge in [-0.15, -0.1) is 0 Å². The van der Waals surface area contributed by atoms with Crippen molar-refractivity contribution in [2.24, 2.45) is 0 Å². The number of ether oxygens (including phenoxy) is 2. The molecule has 2 aromatic heterocycles. The van der Waals surface area contributed by atoms with Crippen LogP contribution in [0.15, 0.2) is 58.1 Å². The smallest absolute Gasteiger partial charge is 0.410 e. The second kappa shape index (κ2) is 12.5. The summed E-state index contributed by atoms with van der Waals surface area (Å²) >= 11 is 1.59. The van der Waals surface area contributed by atoms with Crippen molar-refractivity contribution in [3.05, 3.63) is 63.7 Å². The topological polar surface area (TPSA) is 121 Å². The molecule has 1 saturated heterocycles. The number of carbonyl (C=O) groups excluding carboxylic acids is 2. The molecule has 4 heterocycles. The van der Waals surface area contributed by atoms with E-state index in [2.05, 4.69) is 45.7 Å². The van der Waals surface area contributed by atoms with Gasteiger partial charge in [-0.25, -0.2) is 9.78 Å². The Morgan fingerprint density at radius 2 is 2.02 bits per heavy atom. The third-order valence-corrected chi connectivity index (χ3v) is 8.13. The predicted molar refractivity (Wildman–Crippen MR) is 166 cm³/mol. The molecule has 0 bridgehead atoms. The molecule has 2 aliphatic heterocycles. The van der Waals surface area contributed by atoms with Crippen LogP contribution in [-0.4, -0.2) is 56.8 Å². The first-order chi connectivity index (χ1) is 20.1. The van der Waals surface area contributed by atoms with Gasteiger partial charge in [-0.1, -0.05) is 23.9 Å². The number of amides is 2. The van der Waals surface area contributed by atoms with Crippen LogP contribution in [0.1, 0.15) is 70.7 Å². The maximum atomic E-state index is 13.2. The summed E-state index contributed by atoms with van der Waals surface area (Å²) in [4.78, 5) is 33.2. The summed E-state index contributed by atoms with van der Waals surface area (Å²) in [5.74, 6) is 1.47. The van der Waals surface area contributed by atoms with E-state index < -0.39 is 5.60 Å². The lowest BCUT2D eigenvalue weighted by Gasteiger charge is -2.34. The van der Waals surface area contributed by atoms with Crippen molar-refractivity contribution < 1.29 is 19.1 Å². The zero-order chi connectivity index (χ0) is 29.9. The number of thioether (sulfide) groups is 1. The van der Waals surface area contributed by atoms with Gasteiger partial charge in [0.15, 0.2) is 11.5 Å². The Bertz CT molecular complexity index is 1540. The Kier molecular flexibility index (Phi) is 8.77. The number of carbonyl (C=O) groups is 2. The Labute approximate surface area is 250 Å². The molecule has 0 radical (unpaired) electrons. The lowest BCUT2D eigenvalue weighted by atomic mass is 10.1. The van der Waals surface area contributed by atoms with Gasteiger partial charge < -0.3 is 25.0 Å². The zero-order valence-corrected chi connectivity index (χ0v) is 25.6. The standard InChI is InChI=1S/C31H38N6O4S/c1-19-9-6-10-20(2)42-29(19)34-28(38)21-11-7-13-23(17-21)40-24-14-15-32-26-25(24)27(36-35-26)33-22-12-8-16-37(18-22)30(39)41-31(3,4)5/h7,10-11,13-15,17,22H,6,8-9,12,16,18H2,1-5H3,(H,34,38)(H2,32,33,35,36). The molecular weight excluding hydrogens is 552 g/mol. The van der Waals surface area contributed by atoms with Crippen molar-refractivity contribution in [3.8, 4) is 11.5 Å². The summed E-state index contributed by atoms with van der Waals surface area (Å²) in [6.45, 7) is 10.9. The average Bonchev–Trinajstić information content (AvgIpc) is 3.28. The number of hydrogen-bond donors (Lipinski definition) is 3. The molecule has 1 aromatic carbocycles. The second-order valence-electron chi connectivity index (χ2n) is 11.7. The van der Waals surface area contributed by atoms with Crippen molar-refractivity contribution >= 4 is 40.6 Å². The van der Waals surface area contributed by atoms with E-state index in [1.54, 1.807) is 47.1 Å². The summed E-state index contributed by atoms with van der Waals surface area (Å²) in [6, 6.07) is 8.87. The molecule has 11 heteroatoms. The van der Waals surface area contributed by atoms with Crippen LogP contribution in [0.2, 0.25) is 0 Å². The first kappa shape index (κ1) is 29.5. The number of rotatable bonds is 6. The molecule has 10 nitrogen and oxygen atoms in total. The molecule has 1 unspecified atom stereocenters. The summed E-state index contributed by atoms with van der Waals surface area (Å²) in [6.07, 6.45) is 7.15. The Hall–Kier alpha value is -3.99. The van der Waals surface area contributed by atoms with Crippen molar-refractivity contribution in [1.82, 2.24) is 25.4 Å². The molecular formula is C31H38N6O4S. The molecule has 2 aliphatic rings. The highest BCUT2D eigenvalue weighted by atomic mass is 32.2. The largest absolute Gasteiger partial charge is 0.456 e. The monoisotopic (exact) mass is 590 g/mol. The quantitative estimate of drug-likeness (QED) is 0.282. The van der Waals surface area contributed by atoms with E-state index in [1.165, 1.54) is 10.5 Å². The van der Waals surface area contributed by atoms with Gasteiger partial charge in [-0.2, -0.15) is 5.10 Å². The second-order valence-corrected chi connectivity index (χ2v) is 12.9. The van der Waals surface area contributed by atoms with E-state index in [1.807, 2.05) is 26.8 Å². The number of allylic oxidation sites excluding steroid dienone is 3. The van der Waals surface area contributed by atoms with Crippen LogP contribution in [0.25, 0.3) is 11.0 Å². The fraction of sp³-hybridized carbons (Fsp3) is 0.419. The van der Waals surface area contributed by atoms with Gasteiger partial charge in [-0.05, 0) is 89.0 Å². The van der Waals surface area contributed by atoms with E-state index in [0.29, 0.717) is 47.0 Å². The molecule has 1 fully saturated rings. The third-order valence-electron chi connectivity index (χ3n) is 6.99. The van der Waals surface area contributed by atoms with Gasteiger partial charge >= 0.3 is 6.09 Å². The van der Waals surface area contributed by atoms with E-state index in [-0.39, 0.29) is 18.0 Å². The van der Waals surface area contributed by atoms with Crippen LogP contribution in [0.3, 0.4) is 0 Å². The maximum absolute atomic E-state index is 13.2. The van der Waals surface area contributed by atoms with E-state index >= 15 is 0 Å². The molecule has 3 N–H and O–H groups in total. The highest BCUT2D eigenvalue weighted by Crippen LogP contribution is 2.35. The van der Waals surface area contributed by atoms with Crippen molar-refractivity contribution in [2.75, 3.05) is 18.4 Å². The highest BCUT2D eigenvalue weighted by molar-refractivity contribution is 8.06. The molecule has 3 aromatic rings. The van der Waals surface area contributed by atoms with Gasteiger partial charge in [0.25, 0.3) is 5.91 Å². The van der Waals surface area contributed by atoms with Gasteiger partial charge in [0.1, 0.15) is 22.5 Å². The van der Waals surface area contributed by atoms with Crippen LogP contribution in [0.4, 0.5) is 10.6 Å². The molecule has 0 spiro atoms. The zero-order valence-electron chi connectivity index (χ0n) is 24.7. The first-order valence-electron chi connectivity index (χ1n) is 14.3. The van der Waals surface area contributed by atoms with Gasteiger partial charge in [0, 0.05) is 37.0 Å². The SMILES string of the molecule is CC1=CCCC(C)=C(NC(=O)c2cccc(Oc3ccnc4[nH]nc(NC5CCCN(C(=O)OC(C)(C)C)C5)c34)c2)S1. The van der Waals surface area contributed by atoms with Crippen molar-refractivity contribution in [2.45, 2.75) is 71.9 Å². The molecule has 2 amide bonds. The molecule has 0 aliphatic carbocycles. The fourth-order valence-corrected chi connectivity index (χ4v) is 5.87. The number of hydrogen-bond acceptors (Lipinski definition) is 8. The number of anilines is 1. The van der Waals surface area contributed by atoms with Crippen LogP contribution in [0.5, 0.6) is 11.5 Å². The van der Waals surface area contributed by atoms with Gasteiger partial charge in [-0.3, -0.25) is 9.89 Å². The minimum absolute atomic E-state index is 0.0176. The molecule has 1 atom stereocenters. The summed E-state index contributed by atoms with van der Waals surface area (Å²) < 4.78 is 11.9. The molecule has 5 rings (SSSR count). The number of H-pyrrole nitrogens is 1. The predicted octanol–water partition coefficient (Wildman–Crippen LogP) is 6.95. The van der Waals surface area contributed by atoms with Crippen LogP contribution >= 0.6 is 11.8 Å². The molecule has 0 saturated carbocycles. The summed E-state index contributed by atoms with van der Waals surface area (Å²) in [7, 11) is 0. The third kappa shape index (κ3) is 7.25. The number of nitrogens with zero attached hydrogens (tertiary/aromatic N) is 3. The number of aromatic amines is 1. The summed E-state index contributed by atoms with van der Waals surface area (Å²) in [5.41, 5.74) is 1.69. The maximum Gasteiger partial charge on any atom is 0.410 e. The van der Waals surface area contributed by atoms with Crippen molar-refractivity contribution in [1.29, 1.82) is 0 Å². The lowest BCUT2D eigenvalue weighted by Crippen LogP contribution is -2.47. The minimum Gasteiger partial charge on any atom is -0.456 e. The number of piperidine rings is 1. The van der Waals surface area contributed by atoms with Gasteiger partial charge in [0.05, 0.1) is 5.03 Å². The van der Waals surface area contributed by atoms with E-state index in [0.717, 1.165) is 30.7 Å². The Morgan fingerprint density at radius 3 is 2.83 bits per heavy atom. The van der Waals surface area contributed by atoms with E-state index in [4.69, 9.17) is 9.47 Å². The number of pyridine rings is 1. The molecule has 222 valence electrons. The van der Waals surface area contributed by atoms with E-state index in [9.17, 15) is 9.59 Å². The first-order valence-corrected chi connectivity index (χ1v) is 15.1. The Morgan fingerprint density at radius 1 is 1.19 bits per heavy atom. The number of fused-ring (bicyclic) bond motifs is 1. The Balaban J connectivity index is 1.31. The summed E-state index contributed by atoms with van der Waals surface area (Å²) in [5, 5.41) is 15.6. The number of aromatic nitrogens is 3. The van der Waals surface area contributed by atoms with Gasteiger partial charge in [0.2, 0.25) is 0 Å². The van der Waals surface area contributed by atoms with Crippen molar-refractivity contribution in [3.63, 3.8) is 0 Å². The molecule has 42 heavy (non-hydrogen) atoms. The lowest BCUT2D eigenvalue weighted by molar-refractivity contribution is 0.0206. The van der Waals surface area contributed by atoms with Crippen LogP contribution in [-0.2, 0) is 4.74 Å².